The van der Waals surface area contributed by atoms with Crippen LogP contribution in [0.5, 0.6) is 0 Å². The summed E-state index contributed by atoms with van der Waals surface area (Å²) in [7, 11) is 0. The van der Waals surface area contributed by atoms with Gasteiger partial charge >= 0.3 is 0 Å². The number of nitrogens with one attached hydrogen (secondary N) is 1. The van der Waals surface area contributed by atoms with Crippen molar-refractivity contribution in [3.63, 3.8) is 0 Å². The standard InChI is InChI=1S/C15H15N3S/c1-2-6-12(7-3-1)16-10-5-9-14-18-13-8-4-11-17-15(13)19-14/h1-4,6-8,11,16H,5,9-10H2. The predicted molar refractivity (Wildman–Crippen MR) is 80.7 cm³/mol. The monoisotopic (exact) mass is 269 g/mol. The Labute approximate surface area is 116 Å². The first-order chi connectivity index (χ1) is 9.42. The fraction of sp³-hybridized carbons (Fsp3) is 0.200. The van der Waals surface area contributed by atoms with E-state index in [-0.39, 0.29) is 0 Å². The number of rotatable bonds is 5. The number of aromatic nitrogens is 2. The Morgan fingerprint density at radius 1 is 1.05 bits per heavy atom. The van der Waals surface area contributed by atoms with Crippen LogP contribution in [0.4, 0.5) is 5.69 Å². The summed E-state index contributed by atoms with van der Waals surface area (Å²) in [5.41, 5.74) is 2.19. The number of hydrogen-bond donors (Lipinski definition) is 1. The van der Waals surface area contributed by atoms with Gasteiger partial charge in [0.15, 0.2) is 0 Å². The van der Waals surface area contributed by atoms with Crippen LogP contribution in [0.1, 0.15) is 11.4 Å². The molecule has 19 heavy (non-hydrogen) atoms. The maximum absolute atomic E-state index is 4.59. The Morgan fingerprint density at radius 3 is 2.79 bits per heavy atom. The average Bonchev–Trinajstić information content (AvgIpc) is 2.87. The minimum Gasteiger partial charge on any atom is -0.385 e. The zero-order valence-electron chi connectivity index (χ0n) is 10.5. The van der Waals surface area contributed by atoms with Crippen LogP contribution in [-0.2, 0) is 6.42 Å². The van der Waals surface area contributed by atoms with E-state index in [0.717, 1.165) is 29.7 Å². The molecule has 2 heterocycles. The normalized spacial score (nSPS) is 10.7. The zero-order valence-corrected chi connectivity index (χ0v) is 11.4. The maximum atomic E-state index is 4.59. The highest BCUT2D eigenvalue weighted by Gasteiger charge is 2.03. The number of pyridine rings is 1. The van der Waals surface area contributed by atoms with Crippen LogP contribution in [0, 0.1) is 0 Å². The summed E-state index contributed by atoms with van der Waals surface area (Å²) in [6.07, 6.45) is 3.90. The highest BCUT2D eigenvalue weighted by molar-refractivity contribution is 7.18. The molecule has 0 aliphatic rings. The molecule has 2 aromatic heterocycles. The van der Waals surface area contributed by atoms with Crippen molar-refractivity contribution in [1.82, 2.24) is 9.97 Å². The van der Waals surface area contributed by atoms with Gasteiger partial charge in [-0.25, -0.2) is 9.97 Å². The van der Waals surface area contributed by atoms with Gasteiger partial charge in [-0.15, -0.1) is 0 Å². The molecule has 0 saturated heterocycles. The number of para-hydroxylation sites is 1. The first kappa shape index (κ1) is 12.1. The van der Waals surface area contributed by atoms with Crippen LogP contribution >= 0.6 is 11.3 Å². The fourth-order valence-electron chi connectivity index (χ4n) is 1.95. The molecule has 0 spiro atoms. The van der Waals surface area contributed by atoms with E-state index in [1.165, 1.54) is 10.7 Å². The molecule has 4 heteroatoms. The molecule has 0 bridgehead atoms. The molecule has 0 aliphatic heterocycles. The van der Waals surface area contributed by atoms with E-state index in [9.17, 15) is 0 Å². The van der Waals surface area contributed by atoms with Crippen molar-refractivity contribution in [2.45, 2.75) is 12.8 Å². The molecule has 3 aromatic rings. The van der Waals surface area contributed by atoms with Crippen LogP contribution in [0.2, 0.25) is 0 Å². The SMILES string of the molecule is c1ccc(NCCCc2nc3cccnc3s2)cc1. The predicted octanol–water partition coefficient (Wildman–Crippen LogP) is 3.74. The Morgan fingerprint density at radius 2 is 1.95 bits per heavy atom. The summed E-state index contributed by atoms with van der Waals surface area (Å²) >= 11 is 1.69. The van der Waals surface area contributed by atoms with Crippen LogP contribution < -0.4 is 5.32 Å². The van der Waals surface area contributed by atoms with Gasteiger partial charge in [-0.1, -0.05) is 29.5 Å². The lowest BCUT2D eigenvalue weighted by atomic mass is 10.3. The zero-order chi connectivity index (χ0) is 12.9. The Hall–Kier alpha value is -1.94. The van der Waals surface area contributed by atoms with Gasteiger partial charge in [-0.05, 0) is 30.7 Å². The molecule has 0 unspecified atom stereocenters. The molecular formula is C15H15N3S. The van der Waals surface area contributed by atoms with Gasteiger partial charge in [0.2, 0.25) is 0 Å². The summed E-state index contributed by atoms with van der Waals surface area (Å²) < 4.78 is 0. The Balaban J connectivity index is 1.52. The lowest BCUT2D eigenvalue weighted by Gasteiger charge is -2.04. The highest BCUT2D eigenvalue weighted by Crippen LogP contribution is 2.20. The Bertz CT molecular complexity index is 616. The molecule has 1 aromatic carbocycles. The van der Waals surface area contributed by atoms with E-state index in [0.29, 0.717) is 0 Å². The van der Waals surface area contributed by atoms with Crippen molar-refractivity contribution in [3.8, 4) is 0 Å². The molecule has 0 fully saturated rings. The molecule has 0 radical (unpaired) electrons. The minimum absolute atomic E-state index is 0.966. The molecule has 3 rings (SSSR count). The first-order valence-electron chi connectivity index (χ1n) is 6.41. The van der Waals surface area contributed by atoms with E-state index < -0.39 is 0 Å². The largest absolute Gasteiger partial charge is 0.385 e. The van der Waals surface area contributed by atoms with Gasteiger partial charge in [-0.3, -0.25) is 0 Å². The van der Waals surface area contributed by atoms with E-state index in [4.69, 9.17) is 0 Å². The molecule has 0 aliphatic carbocycles. The molecule has 0 atom stereocenters. The number of fused-ring (bicyclic) bond motifs is 1. The number of thiazole rings is 1. The second kappa shape index (κ2) is 5.80. The van der Waals surface area contributed by atoms with Crippen molar-refractivity contribution >= 4 is 27.4 Å². The van der Waals surface area contributed by atoms with Gasteiger partial charge < -0.3 is 5.32 Å². The third kappa shape index (κ3) is 3.09. The van der Waals surface area contributed by atoms with E-state index >= 15 is 0 Å². The third-order valence-corrected chi connectivity index (χ3v) is 3.92. The lowest BCUT2D eigenvalue weighted by molar-refractivity contribution is 0.857. The van der Waals surface area contributed by atoms with Crippen molar-refractivity contribution in [1.29, 1.82) is 0 Å². The highest BCUT2D eigenvalue weighted by atomic mass is 32.1. The fourth-order valence-corrected chi connectivity index (χ4v) is 2.90. The number of hydrogen-bond acceptors (Lipinski definition) is 4. The summed E-state index contributed by atoms with van der Waals surface area (Å²) in [6.45, 7) is 0.966. The quantitative estimate of drug-likeness (QED) is 0.717. The van der Waals surface area contributed by atoms with Gasteiger partial charge in [0.05, 0.1) is 5.01 Å². The van der Waals surface area contributed by atoms with Crippen molar-refractivity contribution in [2.75, 3.05) is 11.9 Å². The number of nitrogens with zero attached hydrogens (tertiary/aromatic N) is 2. The minimum atomic E-state index is 0.966. The third-order valence-electron chi connectivity index (χ3n) is 2.88. The topological polar surface area (TPSA) is 37.8 Å². The van der Waals surface area contributed by atoms with Crippen LogP contribution in [-0.4, -0.2) is 16.5 Å². The lowest BCUT2D eigenvalue weighted by Crippen LogP contribution is -2.02. The second-order valence-corrected chi connectivity index (χ2v) is 5.39. The number of benzene rings is 1. The average molecular weight is 269 g/mol. The van der Waals surface area contributed by atoms with Gasteiger partial charge in [-0.2, -0.15) is 0 Å². The molecule has 0 amide bonds. The number of aryl methyl sites for hydroxylation is 1. The second-order valence-electron chi connectivity index (χ2n) is 4.33. The van der Waals surface area contributed by atoms with E-state index in [1.807, 2.05) is 36.5 Å². The molecule has 1 N–H and O–H groups in total. The smallest absolute Gasteiger partial charge is 0.143 e. The summed E-state index contributed by atoms with van der Waals surface area (Å²) in [6, 6.07) is 14.2. The molecule has 3 nitrogen and oxygen atoms in total. The van der Waals surface area contributed by atoms with E-state index in [1.54, 1.807) is 11.3 Å². The van der Waals surface area contributed by atoms with Crippen molar-refractivity contribution in [2.24, 2.45) is 0 Å². The van der Waals surface area contributed by atoms with Gasteiger partial charge in [0.1, 0.15) is 10.3 Å². The summed E-state index contributed by atoms with van der Waals surface area (Å²) in [5, 5.41) is 4.58. The Kier molecular flexibility index (Phi) is 3.70. The van der Waals surface area contributed by atoms with Gasteiger partial charge in [0, 0.05) is 24.8 Å². The summed E-state index contributed by atoms with van der Waals surface area (Å²) in [4.78, 5) is 9.94. The molecule has 0 saturated carbocycles. The van der Waals surface area contributed by atoms with Crippen LogP contribution in [0.25, 0.3) is 10.3 Å². The molecular weight excluding hydrogens is 254 g/mol. The first-order valence-corrected chi connectivity index (χ1v) is 7.23. The van der Waals surface area contributed by atoms with Crippen LogP contribution in [0.3, 0.4) is 0 Å². The number of anilines is 1. The van der Waals surface area contributed by atoms with Crippen LogP contribution in [0.15, 0.2) is 48.7 Å². The molecule has 96 valence electrons. The van der Waals surface area contributed by atoms with E-state index in [2.05, 4.69) is 27.4 Å². The van der Waals surface area contributed by atoms with Crippen molar-refractivity contribution in [3.05, 3.63) is 53.7 Å². The van der Waals surface area contributed by atoms with Gasteiger partial charge in [0.25, 0.3) is 0 Å². The maximum Gasteiger partial charge on any atom is 0.143 e. The van der Waals surface area contributed by atoms with Crippen molar-refractivity contribution < 1.29 is 0 Å². The summed E-state index contributed by atoms with van der Waals surface area (Å²) in [5.74, 6) is 0.